The van der Waals surface area contributed by atoms with Crippen molar-refractivity contribution < 1.29 is 4.42 Å². The molecule has 17 heavy (non-hydrogen) atoms. The molecule has 0 spiro atoms. The van der Waals surface area contributed by atoms with Crippen LogP contribution in [0.5, 0.6) is 0 Å². The Hall–Kier alpha value is -0.520. The first-order chi connectivity index (χ1) is 8.11. The van der Waals surface area contributed by atoms with E-state index in [0.717, 1.165) is 27.1 Å². The molecule has 2 rings (SSSR count). The second kappa shape index (κ2) is 5.42. The molecule has 0 fully saturated rings. The minimum Gasteiger partial charge on any atom is -0.459 e. The Bertz CT molecular complexity index is 524. The molecule has 90 valence electrons. The topological polar surface area (TPSA) is 39.2 Å². The maximum Gasteiger partial charge on any atom is 0.135 e. The third kappa shape index (κ3) is 2.84. The Morgan fingerprint density at radius 3 is 2.76 bits per heavy atom. The van der Waals surface area contributed by atoms with Crippen LogP contribution in [0.1, 0.15) is 25.1 Å². The first-order valence-electron chi connectivity index (χ1n) is 5.42. The van der Waals surface area contributed by atoms with Crippen molar-refractivity contribution in [3.05, 3.63) is 44.7 Å². The molecule has 0 aliphatic heterocycles. The van der Waals surface area contributed by atoms with Crippen LogP contribution >= 0.6 is 34.2 Å². The highest BCUT2D eigenvalue weighted by molar-refractivity contribution is 14.1. The second-order valence-corrected chi connectivity index (χ2v) is 5.49. The van der Waals surface area contributed by atoms with Crippen molar-refractivity contribution >= 4 is 34.2 Å². The van der Waals surface area contributed by atoms with Crippen LogP contribution in [0.3, 0.4) is 0 Å². The molecular weight excluding hydrogens is 349 g/mol. The Morgan fingerprint density at radius 1 is 1.35 bits per heavy atom. The highest BCUT2D eigenvalue weighted by Gasteiger charge is 2.12. The fourth-order valence-corrected chi connectivity index (χ4v) is 2.54. The van der Waals surface area contributed by atoms with Crippen molar-refractivity contribution in [2.75, 3.05) is 0 Å². The molecule has 0 radical (unpaired) electrons. The lowest BCUT2D eigenvalue weighted by molar-refractivity contribution is 0.470. The monoisotopic (exact) mass is 361 g/mol. The van der Waals surface area contributed by atoms with Crippen LogP contribution in [0.4, 0.5) is 0 Å². The van der Waals surface area contributed by atoms with Crippen LogP contribution in [-0.2, 0) is 0 Å². The van der Waals surface area contributed by atoms with E-state index in [9.17, 15) is 0 Å². The number of benzene rings is 1. The maximum absolute atomic E-state index is 6.19. The van der Waals surface area contributed by atoms with E-state index < -0.39 is 0 Å². The lowest BCUT2D eigenvalue weighted by atomic mass is 10.2. The van der Waals surface area contributed by atoms with Crippen LogP contribution in [-0.4, -0.2) is 0 Å². The van der Waals surface area contributed by atoms with Gasteiger partial charge >= 0.3 is 0 Å². The molecule has 0 amide bonds. The van der Waals surface area contributed by atoms with E-state index in [1.165, 1.54) is 0 Å². The summed E-state index contributed by atoms with van der Waals surface area (Å²) in [7, 11) is 0. The van der Waals surface area contributed by atoms with Crippen molar-refractivity contribution in [2.24, 2.45) is 5.73 Å². The number of halogens is 2. The Labute approximate surface area is 119 Å². The van der Waals surface area contributed by atoms with E-state index in [2.05, 4.69) is 22.6 Å². The quantitative estimate of drug-likeness (QED) is 0.811. The molecule has 0 saturated heterocycles. The van der Waals surface area contributed by atoms with Crippen LogP contribution in [0.15, 0.2) is 34.7 Å². The average Bonchev–Trinajstić information content (AvgIpc) is 2.77. The van der Waals surface area contributed by atoms with Gasteiger partial charge in [-0.15, -0.1) is 0 Å². The molecule has 1 atom stereocenters. The molecule has 0 aliphatic rings. The zero-order valence-corrected chi connectivity index (χ0v) is 12.3. The Balaban J connectivity index is 2.37. The highest BCUT2D eigenvalue weighted by atomic mass is 127. The fraction of sp³-hybridized carbons (Fsp3) is 0.231. The maximum atomic E-state index is 6.19. The highest BCUT2D eigenvalue weighted by Crippen LogP contribution is 2.32. The second-order valence-electron chi connectivity index (χ2n) is 3.84. The Morgan fingerprint density at radius 2 is 2.12 bits per heavy atom. The molecule has 0 bridgehead atoms. The molecule has 4 heteroatoms. The fourth-order valence-electron chi connectivity index (χ4n) is 1.59. The molecular formula is C13H13ClINO. The molecule has 2 N–H and O–H groups in total. The molecule has 1 heterocycles. The number of hydrogen-bond acceptors (Lipinski definition) is 2. The first kappa shape index (κ1) is 12.9. The van der Waals surface area contributed by atoms with Crippen LogP contribution in [0.25, 0.3) is 11.3 Å². The van der Waals surface area contributed by atoms with E-state index in [-0.39, 0.29) is 6.04 Å². The van der Waals surface area contributed by atoms with E-state index in [1.54, 1.807) is 0 Å². The molecule has 0 saturated carbocycles. The van der Waals surface area contributed by atoms with Crippen LogP contribution < -0.4 is 5.73 Å². The van der Waals surface area contributed by atoms with Crippen molar-refractivity contribution in [1.82, 2.24) is 0 Å². The molecule has 0 aliphatic carbocycles. The van der Waals surface area contributed by atoms with Gasteiger partial charge in [-0.3, -0.25) is 0 Å². The molecule has 2 aromatic rings. The Kier molecular flexibility index (Phi) is 4.12. The standard InChI is InChI=1S/C13H13ClINO/c1-2-11(16)13-6-5-12(17-13)9-4-3-8(15)7-10(9)14/h3-7,11H,2,16H2,1H3. The lowest BCUT2D eigenvalue weighted by Gasteiger charge is -2.05. The van der Waals surface area contributed by atoms with Gasteiger partial charge in [-0.1, -0.05) is 18.5 Å². The van der Waals surface area contributed by atoms with Crippen molar-refractivity contribution in [1.29, 1.82) is 0 Å². The minimum absolute atomic E-state index is 0.0497. The summed E-state index contributed by atoms with van der Waals surface area (Å²) in [6, 6.07) is 9.66. The van der Waals surface area contributed by atoms with Crippen LogP contribution in [0.2, 0.25) is 5.02 Å². The van der Waals surface area contributed by atoms with E-state index in [4.69, 9.17) is 21.8 Å². The minimum atomic E-state index is -0.0497. The van der Waals surface area contributed by atoms with Gasteiger partial charge in [0.05, 0.1) is 11.1 Å². The zero-order valence-electron chi connectivity index (χ0n) is 9.41. The summed E-state index contributed by atoms with van der Waals surface area (Å²) in [4.78, 5) is 0. The van der Waals surface area contributed by atoms with Gasteiger partial charge in [-0.05, 0) is 59.3 Å². The summed E-state index contributed by atoms with van der Waals surface area (Å²) < 4.78 is 6.84. The number of nitrogens with two attached hydrogens (primary N) is 1. The van der Waals surface area contributed by atoms with Crippen LogP contribution in [0, 0.1) is 3.57 Å². The number of rotatable bonds is 3. The smallest absolute Gasteiger partial charge is 0.135 e. The zero-order chi connectivity index (χ0) is 12.4. The summed E-state index contributed by atoms with van der Waals surface area (Å²) in [6.45, 7) is 2.03. The van der Waals surface area contributed by atoms with Gasteiger partial charge in [0.15, 0.2) is 0 Å². The average molecular weight is 362 g/mol. The molecule has 2 nitrogen and oxygen atoms in total. The van der Waals surface area contributed by atoms with E-state index in [0.29, 0.717) is 5.02 Å². The van der Waals surface area contributed by atoms with Gasteiger partial charge < -0.3 is 10.2 Å². The van der Waals surface area contributed by atoms with Gasteiger partial charge in [-0.2, -0.15) is 0 Å². The predicted molar refractivity (Wildman–Crippen MR) is 79.1 cm³/mol. The van der Waals surface area contributed by atoms with Gasteiger partial charge in [-0.25, -0.2) is 0 Å². The van der Waals surface area contributed by atoms with Gasteiger partial charge in [0, 0.05) is 9.13 Å². The molecule has 1 aromatic heterocycles. The third-order valence-electron chi connectivity index (χ3n) is 2.63. The van der Waals surface area contributed by atoms with Crippen molar-refractivity contribution in [2.45, 2.75) is 19.4 Å². The van der Waals surface area contributed by atoms with Crippen molar-refractivity contribution in [3.63, 3.8) is 0 Å². The predicted octanol–water partition coefficient (Wildman–Crippen LogP) is 4.61. The summed E-state index contributed by atoms with van der Waals surface area (Å²) in [5.74, 6) is 1.57. The largest absolute Gasteiger partial charge is 0.459 e. The summed E-state index contributed by atoms with van der Waals surface area (Å²) in [6.07, 6.45) is 0.855. The first-order valence-corrected chi connectivity index (χ1v) is 6.88. The summed E-state index contributed by atoms with van der Waals surface area (Å²) in [5.41, 5.74) is 6.82. The summed E-state index contributed by atoms with van der Waals surface area (Å²) in [5, 5.41) is 0.697. The van der Waals surface area contributed by atoms with Gasteiger partial charge in [0.1, 0.15) is 11.5 Å². The number of hydrogen-bond donors (Lipinski definition) is 1. The van der Waals surface area contributed by atoms with Gasteiger partial charge in [0.25, 0.3) is 0 Å². The third-order valence-corrected chi connectivity index (χ3v) is 3.61. The van der Waals surface area contributed by atoms with E-state index in [1.807, 2.05) is 37.3 Å². The summed E-state index contributed by atoms with van der Waals surface area (Å²) >= 11 is 8.42. The molecule has 1 unspecified atom stereocenters. The number of furan rings is 1. The van der Waals surface area contributed by atoms with Gasteiger partial charge in [0.2, 0.25) is 0 Å². The van der Waals surface area contributed by atoms with E-state index >= 15 is 0 Å². The molecule has 1 aromatic carbocycles. The lowest BCUT2D eigenvalue weighted by Crippen LogP contribution is -2.06. The van der Waals surface area contributed by atoms with Crippen molar-refractivity contribution in [3.8, 4) is 11.3 Å². The normalized spacial score (nSPS) is 12.7. The SMILES string of the molecule is CCC(N)c1ccc(-c2ccc(I)cc2Cl)o1.